The van der Waals surface area contributed by atoms with E-state index in [2.05, 4.69) is 9.31 Å². The zero-order chi connectivity index (χ0) is 30.8. The van der Waals surface area contributed by atoms with Crippen molar-refractivity contribution in [3.05, 3.63) is 0 Å². The van der Waals surface area contributed by atoms with Crippen molar-refractivity contribution in [2.75, 3.05) is 67.1 Å². The van der Waals surface area contributed by atoms with Gasteiger partial charge in [0.25, 0.3) is 16.1 Å². The first-order valence-electron chi connectivity index (χ1n) is 13.8. The van der Waals surface area contributed by atoms with Crippen LogP contribution in [0.5, 0.6) is 0 Å². The number of ether oxygens (including phenoxy) is 8. The molecule has 0 bridgehead atoms. The monoisotopic (exact) mass is 869 g/mol. The van der Waals surface area contributed by atoms with Crippen molar-refractivity contribution in [3.63, 3.8) is 0 Å². The van der Waals surface area contributed by atoms with Crippen LogP contribution in [0.25, 0.3) is 0 Å². The van der Waals surface area contributed by atoms with Crippen LogP contribution in [0.2, 0.25) is 0 Å². The van der Waals surface area contributed by atoms with Crippen molar-refractivity contribution in [3.8, 4) is 0 Å². The summed E-state index contributed by atoms with van der Waals surface area (Å²) in [6, 6.07) is 0. The number of aliphatic hydroxyl groups is 2. The van der Waals surface area contributed by atoms with Gasteiger partial charge in [0.05, 0.1) is 77.3 Å². The Labute approximate surface area is 377 Å². The summed E-state index contributed by atoms with van der Waals surface area (Å²) in [5, 5.41) is 18.5. The normalized spacial score (nSPS) is 12.2. The van der Waals surface area contributed by atoms with Crippen molar-refractivity contribution < 1.29 is 57.4 Å². The van der Waals surface area contributed by atoms with Crippen molar-refractivity contribution in [2.24, 2.45) is 0 Å². The van der Waals surface area contributed by atoms with Crippen LogP contribution >= 0.6 is 0 Å². The molecule has 58 heavy (non-hydrogen) atoms. The predicted octanol–water partition coefficient (Wildman–Crippen LogP) is 12.8. The van der Waals surface area contributed by atoms with Crippen molar-refractivity contribution in [2.45, 2.75) is 237 Å². The Morgan fingerprint density at radius 1 is 0.397 bits per heavy atom. The average molecular weight is 869 g/mol. The number of methoxy groups -OCH3 is 2. The molecular weight excluding hydrogens is 742 g/mol. The Hall–Kier alpha value is -0.350. The van der Waals surface area contributed by atoms with Crippen LogP contribution in [0.4, 0.5) is 0 Å². The van der Waals surface area contributed by atoms with Crippen LogP contribution in [0.15, 0.2) is 0 Å². The first kappa shape index (κ1) is 131. The molecule has 0 rings (SSSR count). The van der Waals surface area contributed by atoms with E-state index in [9.17, 15) is 5.11 Å². The molecule has 0 aromatic heterocycles. The zero-order valence-corrected chi connectivity index (χ0v) is 25.8. The minimum Gasteiger partial charge on any atom is -0.443 e. The maximum Gasteiger partial charge on any atom is 0.286 e. The van der Waals surface area contributed by atoms with Crippen LogP contribution in [0.3, 0.4) is 0 Å². The minimum atomic E-state index is -0.789. The van der Waals surface area contributed by atoms with E-state index in [1.54, 1.807) is 21.1 Å². The fraction of sp³-hybridized carbons (Fsp3) is 1.00. The molecule has 0 aromatic carbocycles. The number of hydrogen-bond donors (Lipinski definition) is 2. The van der Waals surface area contributed by atoms with Crippen LogP contribution in [0.1, 0.15) is 188 Å². The predicted molar refractivity (Wildman–Crippen MR) is 272 cm³/mol. The number of hydrogen-bond acceptors (Lipinski definition) is 12. The van der Waals surface area contributed by atoms with Crippen LogP contribution in [-0.2, 0) is 47.2 Å². The van der Waals surface area contributed by atoms with E-state index >= 15 is 0 Å². The summed E-state index contributed by atoms with van der Waals surface area (Å²) in [4.78, 5) is 0. The topological polar surface area (TPSA) is 133 Å². The molecule has 0 aliphatic rings. The highest BCUT2D eigenvalue weighted by atomic mass is 16.7. The van der Waals surface area contributed by atoms with Gasteiger partial charge in [0.15, 0.2) is 6.29 Å². The van der Waals surface area contributed by atoms with Crippen molar-refractivity contribution >= 4 is 16.1 Å². The van der Waals surface area contributed by atoms with E-state index < -0.39 is 18.7 Å². The van der Waals surface area contributed by atoms with E-state index in [-0.39, 0.29) is 177 Å². The Morgan fingerprint density at radius 2 is 0.741 bits per heavy atom. The molecule has 380 valence electrons. The van der Waals surface area contributed by atoms with Crippen molar-refractivity contribution in [1.29, 1.82) is 0 Å². The lowest BCUT2D eigenvalue weighted by Gasteiger charge is -2.23. The Morgan fingerprint density at radius 3 is 1.02 bits per heavy atom. The second-order valence-corrected chi connectivity index (χ2v) is 9.38. The fourth-order valence-corrected chi connectivity index (χ4v) is 2.55. The van der Waals surface area contributed by atoms with Gasteiger partial charge >= 0.3 is 0 Å². The SMILES string of the molecule is C.C.C.C.C.C.C.C.C.C.C.C.C.C.C.C.C.C.CCC(O)OCC(COCC(C)O)OCC(C)OC.[B]OC(C)COCC(COC(CC)O[B])OCC(C)OC. The maximum absolute atomic E-state index is 9.36. The highest BCUT2D eigenvalue weighted by Crippen LogP contribution is 2.05. The third kappa shape index (κ3) is 87.2. The van der Waals surface area contributed by atoms with E-state index in [0.717, 1.165) is 0 Å². The molecule has 14 heteroatoms. The smallest absolute Gasteiger partial charge is 0.286 e. The van der Waals surface area contributed by atoms with Gasteiger partial charge in [-0.05, 0) is 40.5 Å². The lowest BCUT2D eigenvalue weighted by Crippen LogP contribution is -2.32. The third-order valence-electron chi connectivity index (χ3n) is 5.27. The summed E-state index contributed by atoms with van der Waals surface area (Å²) in [6.07, 6.45) is -1.34. The molecule has 12 nitrogen and oxygen atoms in total. The molecule has 2 N–H and O–H groups in total. The van der Waals surface area contributed by atoms with Gasteiger partial charge in [-0.15, -0.1) is 0 Å². The number of aliphatic hydroxyl groups excluding tert-OH is 2. The van der Waals surface area contributed by atoms with Gasteiger partial charge in [0.2, 0.25) is 0 Å². The third-order valence-corrected chi connectivity index (χ3v) is 5.27. The molecule has 0 fully saturated rings. The molecule has 0 aliphatic heterocycles. The molecule has 0 spiro atoms. The van der Waals surface area contributed by atoms with E-state index in [1.165, 1.54) is 0 Å². The van der Waals surface area contributed by atoms with Crippen LogP contribution < -0.4 is 0 Å². The van der Waals surface area contributed by atoms with Gasteiger partial charge in [0, 0.05) is 14.2 Å². The summed E-state index contributed by atoms with van der Waals surface area (Å²) in [5.74, 6) is 0. The molecule has 4 radical (unpaired) electrons. The summed E-state index contributed by atoms with van der Waals surface area (Å²) in [5.41, 5.74) is 0. The highest BCUT2D eigenvalue weighted by molar-refractivity contribution is 5.98. The van der Waals surface area contributed by atoms with Gasteiger partial charge < -0.3 is 57.4 Å². The molecule has 0 aliphatic carbocycles. The Bertz CT molecular complexity index is 515. The maximum atomic E-state index is 9.36. The quantitative estimate of drug-likeness (QED) is 0.0633. The molecule has 8 atom stereocenters. The van der Waals surface area contributed by atoms with Crippen LogP contribution in [-0.4, -0.2) is 143 Å². The van der Waals surface area contributed by atoms with Gasteiger partial charge in [-0.3, -0.25) is 0 Å². The standard InChI is InChI=1S/C13H26B2O6.C13H28O6.18CH4/c1-5-13(21-15)19-9-12(18-7-10(2)16-4)8-17-6-11(3)20-14;1-5-13(15)19-9-12(8-17-6-10(2)14)18-7-11(3)16-4;;;;;;;;;;;;;;;;;;/h10-13H,5-9H2,1-4H3;10-15H,5-9H2,1-4H3;18*1H4. The van der Waals surface area contributed by atoms with Gasteiger partial charge in [-0.2, -0.15) is 0 Å². The molecule has 8 unspecified atom stereocenters. The fourth-order valence-electron chi connectivity index (χ4n) is 2.55. The first-order chi connectivity index (χ1) is 19.1. The lowest BCUT2D eigenvalue weighted by atomic mass is 10.3. The summed E-state index contributed by atoms with van der Waals surface area (Å²) in [6.45, 7) is 13.7. The molecule has 0 saturated heterocycles. The summed E-state index contributed by atoms with van der Waals surface area (Å²) in [7, 11) is 13.4. The average Bonchev–Trinajstić information content (AvgIpc) is 2.96. The highest BCUT2D eigenvalue weighted by Gasteiger charge is 2.16. The molecule has 0 saturated carbocycles. The first-order valence-corrected chi connectivity index (χ1v) is 13.8. The van der Waals surface area contributed by atoms with E-state index in [1.807, 2.05) is 34.6 Å². The van der Waals surface area contributed by atoms with E-state index in [0.29, 0.717) is 52.5 Å². The summed E-state index contributed by atoms with van der Waals surface area (Å²) >= 11 is 0. The largest absolute Gasteiger partial charge is 0.443 e. The number of rotatable bonds is 26. The second-order valence-electron chi connectivity index (χ2n) is 9.38. The zero-order valence-electron chi connectivity index (χ0n) is 25.8. The van der Waals surface area contributed by atoms with Crippen molar-refractivity contribution in [1.82, 2.24) is 0 Å². The van der Waals surface area contributed by atoms with Crippen LogP contribution in [0, 0.1) is 0 Å². The van der Waals surface area contributed by atoms with Gasteiger partial charge in [0.1, 0.15) is 18.5 Å². The van der Waals surface area contributed by atoms with E-state index in [4.69, 9.17) is 59.1 Å². The molecular formula is C44H126B2O12. The lowest BCUT2D eigenvalue weighted by molar-refractivity contribution is -0.150. The Balaban J connectivity index is -0.0000000212. The Kier molecular flexibility index (Phi) is 207. The molecule has 0 heterocycles. The molecule has 0 aromatic rings. The van der Waals surface area contributed by atoms with Gasteiger partial charge in [-0.1, -0.05) is 148 Å². The second kappa shape index (κ2) is 92.1. The summed E-state index contributed by atoms with van der Waals surface area (Å²) < 4.78 is 52.4. The van der Waals surface area contributed by atoms with Gasteiger partial charge in [-0.25, -0.2) is 0 Å². The molecule has 0 amide bonds. The minimum absolute atomic E-state index is 0.